The second-order valence-electron chi connectivity index (χ2n) is 5.81. The number of rotatable bonds is 6. The van der Waals surface area contributed by atoms with Crippen LogP contribution in [0.5, 0.6) is 0 Å². The first-order valence-corrected chi connectivity index (χ1v) is 9.72. The molecule has 0 radical (unpaired) electrons. The zero-order valence-electron chi connectivity index (χ0n) is 15.1. The van der Waals surface area contributed by atoms with E-state index in [1.807, 2.05) is 30.3 Å². The van der Waals surface area contributed by atoms with Gasteiger partial charge in [0.1, 0.15) is 23.9 Å². The van der Waals surface area contributed by atoms with Crippen LogP contribution >= 0.6 is 0 Å². The number of aryl methyl sites for hydroxylation is 1. The van der Waals surface area contributed by atoms with Crippen molar-refractivity contribution in [1.29, 1.82) is 0 Å². The van der Waals surface area contributed by atoms with Crippen LogP contribution in [-0.4, -0.2) is 26.4 Å². The smallest absolute Gasteiger partial charge is 0.341 e. The van der Waals surface area contributed by atoms with Crippen molar-refractivity contribution in [2.24, 2.45) is 0 Å². The molecule has 0 atom stereocenters. The van der Waals surface area contributed by atoms with E-state index >= 15 is 0 Å². The molecule has 0 saturated carbocycles. The molecule has 1 N–H and O–H groups in total. The lowest BCUT2D eigenvalue weighted by Crippen LogP contribution is -2.19. The number of carbonyl (C=O) groups excluding carboxylic acids is 1. The minimum Gasteiger partial charge on any atom is -0.455 e. The van der Waals surface area contributed by atoms with Gasteiger partial charge < -0.3 is 9.15 Å². The number of halogens is 1. The molecular formula is C19H17FN2O5S. The van der Waals surface area contributed by atoms with E-state index in [-0.39, 0.29) is 11.5 Å². The lowest BCUT2D eigenvalue weighted by atomic mass is 10.2. The molecule has 0 spiro atoms. The molecule has 0 aliphatic heterocycles. The average molecular weight is 404 g/mol. The Bertz CT molecular complexity index is 1110. The van der Waals surface area contributed by atoms with Crippen LogP contribution in [0.1, 0.15) is 21.8 Å². The van der Waals surface area contributed by atoms with Crippen molar-refractivity contribution < 1.29 is 26.8 Å². The maximum Gasteiger partial charge on any atom is 0.341 e. The first-order chi connectivity index (χ1) is 13.3. The molecule has 0 unspecified atom stereocenters. The first-order valence-electron chi connectivity index (χ1n) is 8.24. The van der Waals surface area contributed by atoms with Crippen LogP contribution in [0.2, 0.25) is 0 Å². The van der Waals surface area contributed by atoms with Crippen LogP contribution in [0.3, 0.4) is 0 Å². The van der Waals surface area contributed by atoms with Crippen molar-refractivity contribution in [1.82, 2.24) is 9.71 Å². The lowest BCUT2D eigenvalue weighted by molar-refractivity contribution is 0.0461. The molecule has 3 aromatic rings. The van der Waals surface area contributed by atoms with Gasteiger partial charge in [-0.05, 0) is 44.3 Å². The molecule has 0 fully saturated rings. The number of benzene rings is 2. The van der Waals surface area contributed by atoms with E-state index < -0.39 is 27.4 Å². The van der Waals surface area contributed by atoms with Crippen molar-refractivity contribution in [2.75, 3.05) is 7.05 Å². The maximum atomic E-state index is 14.0. The summed E-state index contributed by atoms with van der Waals surface area (Å²) in [4.78, 5) is 16.3. The molecule has 2 aromatic carbocycles. The second-order valence-corrected chi connectivity index (χ2v) is 7.70. The van der Waals surface area contributed by atoms with Crippen LogP contribution in [-0.2, 0) is 21.4 Å². The Labute approximate surface area is 161 Å². The summed E-state index contributed by atoms with van der Waals surface area (Å²) in [6, 6.07) is 12.1. The second kappa shape index (κ2) is 7.91. The van der Waals surface area contributed by atoms with E-state index in [4.69, 9.17) is 9.15 Å². The fourth-order valence-electron chi connectivity index (χ4n) is 2.42. The third-order valence-electron chi connectivity index (χ3n) is 3.99. The Morgan fingerprint density at radius 3 is 2.61 bits per heavy atom. The minimum atomic E-state index is -3.82. The number of aromatic nitrogens is 1. The summed E-state index contributed by atoms with van der Waals surface area (Å²) < 4.78 is 50.5. The highest BCUT2D eigenvalue weighted by Crippen LogP contribution is 2.22. The Morgan fingerprint density at radius 1 is 1.21 bits per heavy atom. The highest BCUT2D eigenvalue weighted by molar-refractivity contribution is 7.89. The van der Waals surface area contributed by atoms with E-state index in [1.165, 1.54) is 7.05 Å². The van der Waals surface area contributed by atoms with Crippen molar-refractivity contribution in [3.8, 4) is 11.5 Å². The number of ether oxygens (including phenoxy) is 1. The summed E-state index contributed by atoms with van der Waals surface area (Å²) in [5.74, 6) is -1.06. The minimum absolute atomic E-state index is 0.243. The van der Waals surface area contributed by atoms with Gasteiger partial charge in [0.15, 0.2) is 0 Å². The van der Waals surface area contributed by atoms with Crippen molar-refractivity contribution in [2.45, 2.75) is 18.4 Å². The Hall–Kier alpha value is -3.04. The average Bonchev–Trinajstić information content (AvgIpc) is 3.07. The molecule has 0 amide bonds. The number of hydrogen-bond acceptors (Lipinski definition) is 6. The lowest BCUT2D eigenvalue weighted by Gasteiger charge is -2.07. The number of nitrogens with zero attached hydrogens (tertiary/aromatic N) is 1. The summed E-state index contributed by atoms with van der Waals surface area (Å²) in [5.41, 5.74) is 0.659. The zero-order valence-corrected chi connectivity index (χ0v) is 15.9. The predicted molar refractivity (Wildman–Crippen MR) is 98.4 cm³/mol. The number of hydrogen-bond donors (Lipinski definition) is 1. The number of esters is 1. The van der Waals surface area contributed by atoms with E-state index in [2.05, 4.69) is 9.71 Å². The summed E-state index contributed by atoms with van der Waals surface area (Å²) in [6.45, 7) is 1.42. The van der Waals surface area contributed by atoms with Gasteiger partial charge in [-0.1, -0.05) is 18.2 Å². The van der Waals surface area contributed by atoms with Gasteiger partial charge in [0.25, 0.3) is 0 Å². The fourth-order valence-corrected chi connectivity index (χ4v) is 3.18. The Balaban J connectivity index is 1.78. The van der Waals surface area contributed by atoms with Gasteiger partial charge >= 0.3 is 5.97 Å². The molecule has 0 aliphatic rings. The van der Waals surface area contributed by atoms with Crippen LogP contribution in [0.15, 0.2) is 57.8 Å². The highest BCUT2D eigenvalue weighted by atomic mass is 32.2. The molecule has 1 aromatic heterocycles. The topological polar surface area (TPSA) is 98.5 Å². The summed E-state index contributed by atoms with van der Waals surface area (Å²) in [6.07, 6.45) is 0. The molecule has 7 nitrogen and oxygen atoms in total. The number of nitrogens with one attached hydrogen (secondary N) is 1. The van der Waals surface area contributed by atoms with E-state index in [9.17, 15) is 17.6 Å². The molecule has 1 heterocycles. The summed E-state index contributed by atoms with van der Waals surface area (Å²) >= 11 is 0. The van der Waals surface area contributed by atoms with Crippen LogP contribution in [0.4, 0.5) is 4.39 Å². The normalized spacial score (nSPS) is 11.4. The van der Waals surface area contributed by atoms with Crippen LogP contribution in [0, 0.1) is 12.7 Å². The maximum absolute atomic E-state index is 14.0. The van der Waals surface area contributed by atoms with Gasteiger partial charge in [0, 0.05) is 5.56 Å². The molecular weight excluding hydrogens is 387 g/mol. The molecule has 0 bridgehead atoms. The third kappa shape index (κ3) is 4.10. The monoisotopic (exact) mass is 404 g/mol. The van der Waals surface area contributed by atoms with Crippen LogP contribution in [0.25, 0.3) is 11.5 Å². The molecule has 3 rings (SSSR count). The number of sulfonamides is 1. The van der Waals surface area contributed by atoms with Gasteiger partial charge in [0.05, 0.1) is 10.5 Å². The van der Waals surface area contributed by atoms with Crippen LogP contribution < -0.4 is 4.72 Å². The van der Waals surface area contributed by atoms with E-state index in [0.29, 0.717) is 17.3 Å². The Morgan fingerprint density at radius 2 is 1.93 bits per heavy atom. The molecule has 0 aliphatic carbocycles. The molecule has 9 heteroatoms. The Kier molecular flexibility index (Phi) is 5.57. The highest BCUT2D eigenvalue weighted by Gasteiger charge is 2.20. The van der Waals surface area contributed by atoms with E-state index in [0.717, 1.165) is 23.8 Å². The van der Waals surface area contributed by atoms with Gasteiger partial charge in [-0.25, -0.2) is 27.3 Å². The van der Waals surface area contributed by atoms with Crippen molar-refractivity contribution in [3.63, 3.8) is 0 Å². The molecule has 0 saturated heterocycles. The SMILES string of the molecule is CNS(=O)(=O)c1ccc(F)c(C(=O)OCc2nc(-c3ccccc3)oc2C)c1. The summed E-state index contributed by atoms with van der Waals surface area (Å²) in [5, 5.41) is 0. The number of oxazole rings is 1. The number of carbonyl (C=O) groups is 1. The van der Waals surface area contributed by atoms with Crippen molar-refractivity contribution >= 4 is 16.0 Å². The largest absolute Gasteiger partial charge is 0.455 e. The quantitative estimate of drug-likeness (QED) is 0.634. The molecule has 28 heavy (non-hydrogen) atoms. The molecule has 146 valence electrons. The standard InChI is InChI=1S/C19H17FN2O5S/c1-12-17(22-18(27-12)13-6-4-3-5-7-13)11-26-19(23)15-10-14(8-9-16(15)20)28(24,25)21-2/h3-10,21H,11H2,1-2H3. The van der Waals surface area contributed by atoms with E-state index in [1.54, 1.807) is 6.92 Å². The van der Waals surface area contributed by atoms with Gasteiger partial charge in [-0.15, -0.1) is 0 Å². The van der Waals surface area contributed by atoms with Gasteiger partial charge in [-0.3, -0.25) is 0 Å². The zero-order chi connectivity index (χ0) is 20.3. The van der Waals surface area contributed by atoms with Gasteiger partial charge in [0.2, 0.25) is 15.9 Å². The summed E-state index contributed by atoms with van der Waals surface area (Å²) in [7, 11) is -2.61. The first kappa shape index (κ1) is 19.7. The third-order valence-corrected chi connectivity index (χ3v) is 5.40. The predicted octanol–water partition coefficient (Wildman–Crippen LogP) is 3.05. The van der Waals surface area contributed by atoms with Crippen molar-refractivity contribution in [3.05, 3.63) is 71.4 Å². The fraction of sp³-hybridized carbons (Fsp3) is 0.158. The van der Waals surface area contributed by atoms with Gasteiger partial charge in [-0.2, -0.15) is 0 Å².